The summed E-state index contributed by atoms with van der Waals surface area (Å²) in [6.07, 6.45) is 4.89. The summed E-state index contributed by atoms with van der Waals surface area (Å²) in [5.74, 6) is 0.727. The third kappa shape index (κ3) is 2.83. The van der Waals surface area contributed by atoms with Crippen LogP contribution < -0.4 is 11.1 Å². The van der Waals surface area contributed by atoms with Crippen LogP contribution in [0.4, 0.5) is 0 Å². The van der Waals surface area contributed by atoms with E-state index in [1.807, 2.05) is 0 Å². The van der Waals surface area contributed by atoms with Gasteiger partial charge in [0.25, 0.3) is 0 Å². The summed E-state index contributed by atoms with van der Waals surface area (Å²) in [5, 5.41) is 3.60. The Balaban J connectivity index is 1.73. The molecule has 0 radical (unpaired) electrons. The van der Waals surface area contributed by atoms with Crippen molar-refractivity contribution in [3.05, 3.63) is 0 Å². The Bertz CT molecular complexity index is 270. The van der Waals surface area contributed by atoms with Crippen molar-refractivity contribution < 1.29 is 4.74 Å². The molecule has 0 spiro atoms. The largest absolute Gasteiger partial charge is 0.375 e. The van der Waals surface area contributed by atoms with Crippen LogP contribution in [0.1, 0.15) is 47.0 Å². The lowest BCUT2D eigenvalue weighted by Crippen LogP contribution is -2.52. The Morgan fingerprint density at radius 1 is 1.24 bits per heavy atom. The first-order valence-corrected chi connectivity index (χ1v) is 6.95. The van der Waals surface area contributed by atoms with Gasteiger partial charge in [0, 0.05) is 24.5 Å². The molecule has 2 bridgehead atoms. The van der Waals surface area contributed by atoms with Gasteiger partial charge in [0.15, 0.2) is 0 Å². The summed E-state index contributed by atoms with van der Waals surface area (Å²) in [5.41, 5.74) is 6.17. The summed E-state index contributed by atoms with van der Waals surface area (Å²) in [7, 11) is 0. The highest BCUT2D eigenvalue weighted by Crippen LogP contribution is 2.38. The van der Waals surface area contributed by atoms with Gasteiger partial charge >= 0.3 is 0 Å². The van der Waals surface area contributed by atoms with Crippen LogP contribution >= 0.6 is 0 Å². The molecule has 3 unspecified atom stereocenters. The molecule has 2 aliphatic heterocycles. The molecule has 0 aromatic heterocycles. The van der Waals surface area contributed by atoms with E-state index in [-0.39, 0.29) is 11.0 Å². The minimum absolute atomic E-state index is 0.117. The van der Waals surface area contributed by atoms with Crippen molar-refractivity contribution in [2.24, 2.45) is 17.1 Å². The fourth-order valence-corrected chi connectivity index (χ4v) is 2.76. The van der Waals surface area contributed by atoms with Gasteiger partial charge in [-0.2, -0.15) is 0 Å². The molecule has 0 amide bonds. The fraction of sp³-hybridized carbons (Fsp3) is 1.00. The van der Waals surface area contributed by atoms with Crippen molar-refractivity contribution in [2.45, 2.75) is 64.7 Å². The lowest BCUT2D eigenvalue weighted by molar-refractivity contribution is 0.0913. The van der Waals surface area contributed by atoms with Gasteiger partial charge in [0.05, 0.1) is 12.2 Å². The van der Waals surface area contributed by atoms with Gasteiger partial charge in [-0.15, -0.1) is 0 Å². The molecule has 0 aliphatic carbocycles. The van der Waals surface area contributed by atoms with Gasteiger partial charge in [-0.05, 0) is 38.5 Å². The van der Waals surface area contributed by atoms with E-state index in [2.05, 4.69) is 33.0 Å². The monoisotopic (exact) mass is 240 g/mol. The highest BCUT2D eigenvalue weighted by atomic mass is 16.5. The SMILES string of the molecule is CC(C)(N)C(C)(C)CNCC1CC2CCC1O2. The fourth-order valence-electron chi connectivity index (χ4n) is 2.76. The van der Waals surface area contributed by atoms with Gasteiger partial charge in [0.1, 0.15) is 0 Å². The maximum Gasteiger partial charge on any atom is 0.0621 e. The molecular formula is C14H28N2O. The number of rotatable bonds is 5. The quantitative estimate of drug-likeness (QED) is 0.771. The number of fused-ring (bicyclic) bond motifs is 2. The summed E-state index contributed by atoms with van der Waals surface area (Å²) >= 11 is 0. The molecule has 2 fully saturated rings. The van der Waals surface area contributed by atoms with Crippen molar-refractivity contribution in [2.75, 3.05) is 13.1 Å². The highest BCUT2D eigenvalue weighted by Gasteiger charge is 2.40. The second-order valence-corrected chi connectivity index (χ2v) is 7.11. The number of nitrogens with two attached hydrogens (primary N) is 1. The van der Waals surface area contributed by atoms with Crippen LogP contribution in [-0.2, 0) is 4.74 Å². The Morgan fingerprint density at radius 3 is 2.41 bits per heavy atom. The van der Waals surface area contributed by atoms with Crippen LogP contribution in [0, 0.1) is 11.3 Å². The van der Waals surface area contributed by atoms with Crippen molar-refractivity contribution in [1.29, 1.82) is 0 Å². The molecule has 3 atom stereocenters. The summed E-state index contributed by atoms with van der Waals surface area (Å²) in [6, 6.07) is 0. The molecule has 0 aromatic rings. The molecule has 2 rings (SSSR count). The summed E-state index contributed by atoms with van der Waals surface area (Å²) in [4.78, 5) is 0. The van der Waals surface area contributed by atoms with Gasteiger partial charge in [-0.3, -0.25) is 0 Å². The van der Waals surface area contributed by atoms with E-state index in [0.29, 0.717) is 12.2 Å². The summed E-state index contributed by atoms with van der Waals surface area (Å²) in [6.45, 7) is 10.7. The van der Waals surface area contributed by atoms with Gasteiger partial charge in [0.2, 0.25) is 0 Å². The zero-order chi connectivity index (χ0) is 12.7. The van der Waals surface area contributed by atoms with Crippen molar-refractivity contribution >= 4 is 0 Å². The maximum absolute atomic E-state index is 6.20. The Morgan fingerprint density at radius 2 is 1.94 bits per heavy atom. The molecule has 2 aliphatic rings. The summed E-state index contributed by atoms with van der Waals surface area (Å²) < 4.78 is 5.87. The molecule has 0 saturated carbocycles. The average molecular weight is 240 g/mol. The molecule has 2 heterocycles. The van der Waals surface area contributed by atoms with Crippen LogP contribution in [-0.4, -0.2) is 30.8 Å². The molecule has 3 heteroatoms. The third-order valence-corrected chi connectivity index (χ3v) is 4.95. The van der Waals surface area contributed by atoms with Crippen LogP contribution in [0.15, 0.2) is 0 Å². The predicted octanol–water partition coefficient (Wildman–Crippen LogP) is 1.91. The lowest BCUT2D eigenvalue weighted by atomic mass is 9.75. The Kier molecular flexibility index (Phi) is 3.54. The van der Waals surface area contributed by atoms with Crippen LogP contribution in [0.3, 0.4) is 0 Å². The van der Waals surface area contributed by atoms with Gasteiger partial charge in [-0.25, -0.2) is 0 Å². The van der Waals surface area contributed by atoms with Crippen molar-refractivity contribution in [3.63, 3.8) is 0 Å². The second kappa shape index (κ2) is 4.52. The number of hydrogen-bond donors (Lipinski definition) is 2. The topological polar surface area (TPSA) is 47.3 Å². The molecule has 100 valence electrons. The smallest absolute Gasteiger partial charge is 0.0621 e. The normalized spacial score (nSPS) is 33.4. The van der Waals surface area contributed by atoms with E-state index in [9.17, 15) is 0 Å². The molecule has 17 heavy (non-hydrogen) atoms. The molecule has 3 nitrogen and oxygen atoms in total. The van der Waals surface area contributed by atoms with E-state index in [0.717, 1.165) is 19.0 Å². The second-order valence-electron chi connectivity index (χ2n) is 7.11. The van der Waals surface area contributed by atoms with E-state index in [1.165, 1.54) is 19.3 Å². The van der Waals surface area contributed by atoms with Crippen LogP contribution in [0.25, 0.3) is 0 Å². The standard InChI is InChI=1S/C14H28N2O/c1-13(2,14(3,4)15)9-16-8-10-7-11-5-6-12(10)17-11/h10-12,16H,5-9,15H2,1-4H3. The van der Waals surface area contributed by atoms with Crippen molar-refractivity contribution in [1.82, 2.24) is 5.32 Å². The minimum Gasteiger partial charge on any atom is -0.375 e. The molecular weight excluding hydrogens is 212 g/mol. The van der Waals surface area contributed by atoms with E-state index in [1.54, 1.807) is 0 Å². The first-order valence-electron chi connectivity index (χ1n) is 6.95. The van der Waals surface area contributed by atoms with Gasteiger partial charge in [-0.1, -0.05) is 13.8 Å². The molecule has 0 aromatic carbocycles. The highest BCUT2D eigenvalue weighted by molar-refractivity contribution is 4.93. The molecule has 2 saturated heterocycles. The minimum atomic E-state index is -0.148. The van der Waals surface area contributed by atoms with E-state index < -0.39 is 0 Å². The average Bonchev–Trinajstić information content (AvgIpc) is 2.76. The van der Waals surface area contributed by atoms with Gasteiger partial charge < -0.3 is 15.8 Å². The van der Waals surface area contributed by atoms with E-state index >= 15 is 0 Å². The van der Waals surface area contributed by atoms with Crippen molar-refractivity contribution in [3.8, 4) is 0 Å². The maximum atomic E-state index is 6.20. The zero-order valence-corrected chi connectivity index (χ0v) is 11.8. The third-order valence-electron chi connectivity index (χ3n) is 4.95. The Labute approximate surface area is 105 Å². The lowest BCUT2D eigenvalue weighted by Gasteiger charge is -2.39. The molecule has 3 N–H and O–H groups in total. The first-order chi connectivity index (χ1) is 7.79. The zero-order valence-electron chi connectivity index (χ0n) is 11.8. The first kappa shape index (κ1) is 13.3. The predicted molar refractivity (Wildman–Crippen MR) is 70.9 cm³/mol. The van der Waals surface area contributed by atoms with Crippen LogP contribution in [0.5, 0.6) is 0 Å². The number of nitrogens with one attached hydrogen (secondary N) is 1. The van der Waals surface area contributed by atoms with Crippen LogP contribution in [0.2, 0.25) is 0 Å². The Hall–Kier alpha value is -0.120. The number of hydrogen-bond acceptors (Lipinski definition) is 3. The van der Waals surface area contributed by atoms with E-state index in [4.69, 9.17) is 10.5 Å². The number of ether oxygens (including phenoxy) is 1.